The van der Waals surface area contributed by atoms with Crippen LogP contribution in [0, 0.1) is 0 Å². The number of amides is 1. The van der Waals surface area contributed by atoms with Crippen molar-refractivity contribution in [1.82, 2.24) is 14.4 Å². The highest BCUT2D eigenvalue weighted by Gasteiger charge is 2.26. The van der Waals surface area contributed by atoms with Crippen molar-refractivity contribution in [3.05, 3.63) is 77.4 Å². The Kier molecular flexibility index (Phi) is 6.64. The average molecular weight is 437 g/mol. The van der Waals surface area contributed by atoms with Gasteiger partial charge in [-0.3, -0.25) is 4.79 Å². The Hall–Kier alpha value is -2.76. The molecule has 0 unspecified atom stereocenters. The number of benzene rings is 2. The summed E-state index contributed by atoms with van der Waals surface area (Å²) in [5, 5.41) is 0.738. The molecule has 0 atom stereocenters. The summed E-state index contributed by atoms with van der Waals surface area (Å²) in [6.07, 6.45) is 2.04. The van der Waals surface area contributed by atoms with Crippen LogP contribution in [-0.4, -0.2) is 67.1 Å². The van der Waals surface area contributed by atoms with Gasteiger partial charge in [0.2, 0.25) is 0 Å². The number of rotatable bonds is 6. The topological polar surface area (TPSA) is 31.7 Å². The van der Waals surface area contributed by atoms with Crippen molar-refractivity contribution in [2.75, 3.05) is 51.7 Å². The first-order chi connectivity index (χ1) is 15.0. The molecule has 1 aromatic heterocycles. The molecule has 5 nitrogen and oxygen atoms in total. The monoisotopic (exact) mass is 436 g/mol. The molecule has 0 N–H and O–H groups in total. The van der Waals surface area contributed by atoms with Crippen molar-refractivity contribution in [2.45, 2.75) is 6.54 Å². The van der Waals surface area contributed by atoms with Crippen LogP contribution < -0.4 is 4.90 Å². The number of carbonyl (C=O) groups is 1. The Morgan fingerprint density at radius 2 is 1.71 bits per heavy atom. The Morgan fingerprint density at radius 1 is 0.968 bits per heavy atom. The van der Waals surface area contributed by atoms with E-state index in [1.165, 1.54) is 0 Å². The molecule has 0 spiro atoms. The smallest absolute Gasteiger partial charge is 0.256 e. The lowest BCUT2D eigenvalue weighted by molar-refractivity contribution is 0.0747. The van der Waals surface area contributed by atoms with E-state index < -0.39 is 0 Å². The second-order valence-electron chi connectivity index (χ2n) is 8.20. The Balaban J connectivity index is 1.53. The molecule has 1 aliphatic rings. The fraction of sp³-hybridized carbons (Fsp3) is 0.320. The summed E-state index contributed by atoms with van der Waals surface area (Å²) in [5.41, 5.74) is 3.97. The van der Waals surface area contributed by atoms with Crippen molar-refractivity contribution in [3.8, 4) is 11.3 Å². The Morgan fingerprint density at radius 3 is 2.39 bits per heavy atom. The molecule has 4 rings (SSSR count). The number of carbonyl (C=O) groups excluding carboxylic acids is 1. The molecule has 1 amide bonds. The van der Waals surface area contributed by atoms with Gasteiger partial charge in [-0.05, 0) is 43.9 Å². The van der Waals surface area contributed by atoms with Crippen LogP contribution in [0.4, 0.5) is 5.69 Å². The first kappa shape index (κ1) is 21.5. The quantitative estimate of drug-likeness (QED) is 0.576. The van der Waals surface area contributed by atoms with Gasteiger partial charge in [-0.25, -0.2) is 0 Å². The number of hydrogen-bond acceptors (Lipinski definition) is 3. The minimum absolute atomic E-state index is 0.105. The van der Waals surface area contributed by atoms with Crippen molar-refractivity contribution < 1.29 is 4.79 Å². The minimum atomic E-state index is 0.105. The molecular formula is C25H29ClN4O. The van der Waals surface area contributed by atoms with Crippen LogP contribution in [0.5, 0.6) is 0 Å². The molecule has 0 radical (unpaired) electrons. The highest BCUT2D eigenvalue weighted by atomic mass is 35.5. The van der Waals surface area contributed by atoms with E-state index in [9.17, 15) is 4.79 Å². The van der Waals surface area contributed by atoms with Crippen LogP contribution in [-0.2, 0) is 6.54 Å². The van der Waals surface area contributed by atoms with E-state index in [-0.39, 0.29) is 5.91 Å². The van der Waals surface area contributed by atoms with Gasteiger partial charge in [0.1, 0.15) is 0 Å². The normalized spacial score (nSPS) is 14.3. The number of anilines is 1. The predicted molar refractivity (Wildman–Crippen MR) is 128 cm³/mol. The Labute approximate surface area is 189 Å². The van der Waals surface area contributed by atoms with Gasteiger partial charge in [0.05, 0.1) is 11.3 Å². The SMILES string of the molecule is CN(C)CCn1ccc(C(=O)N2CCN(c3cccc(Cl)c3)CC2)c1-c1ccccc1. The molecule has 0 bridgehead atoms. The van der Waals surface area contributed by atoms with Crippen LogP contribution in [0.1, 0.15) is 10.4 Å². The van der Waals surface area contributed by atoms with Crippen LogP contribution in [0.15, 0.2) is 66.9 Å². The van der Waals surface area contributed by atoms with Crippen molar-refractivity contribution >= 4 is 23.2 Å². The highest BCUT2D eigenvalue weighted by Crippen LogP contribution is 2.27. The number of likely N-dealkylation sites (N-methyl/N-ethyl adjacent to an activating group) is 1. The first-order valence-electron chi connectivity index (χ1n) is 10.7. The molecule has 3 aromatic rings. The molecule has 162 valence electrons. The second kappa shape index (κ2) is 9.58. The molecule has 1 fully saturated rings. The zero-order valence-electron chi connectivity index (χ0n) is 18.2. The lowest BCUT2D eigenvalue weighted by Gasteiger charge is -2.36. The summed E-state index contributed by atoms with van der Waals surface area (Å²) in [5.74, 6) is 0.105. The minimum Gasteiger partial charge on any atom is -0.368 e. The maximum atomic E-state index is 13.5. The number of piperazine rings is 1. The molecule has 31 heavy (non-hydrogen) atoms. The van der Waals surface area contributed by atoms with Gasteiger partial charge in [0.25, 0.3) is 5.91 Å². The van der Waals surface area contributed by atoms with E-state index in [1.807, 2.05) is 53.6 Å². The van der Waals surface area contributed by atoms with Crippen molar-refractivity contribution in [1.29, 1.82) is 0 Å². The fourth-order valence-electron chi connectivity index (χ4n) is 4.07. The summed E-state index contributed by atoms with van der Waals surface area (Å²) in [6, 6.07) is 20.1. The van der Waals surface area contributed by atoms with Gasteiger partial charge in [-0.1, -0.05) is 48.0 Å². The zero-order valence-corrected chi connectivity index (χ0v) is 18.9. The zero-order chi connectivity index (χ0) is 21.8. The summed E-state index contributed by atoms with van der Waals surface area (Å²) < 4.78 is 2.20. The van der Waals surface area contributed by atoms with Gasteiger partial charge in [-0.15, -0.1) is 0 Å². The van der Waals surface area contributed by atoms with E-state index >= 15 is 0 Å². The largest absolute Gasteiger partial charge is 0.368 e. The van der Waals surface area contributed by atoms with Gasteiger partial charge < -0.3 is 19.3 Å². The average Bonchev–Trinajstić information content (AvgIpc) is 3.22. The van der Waals surface area contributed by atoms with Crippen LogP contribution in [0.2, 0.25) is 5.02 Å². The predicted octanol–water partition coefficient (Wildman–Crippen LogP) is 4.33. The lowest BCUT2D eigenvalue weighted by atomic mass is 10.1. The first-order valence-corrected chi connectivity index (χ1v) is 11.1. The summed E-state index contributed by atoms with van der Waals surface area (Å²) in [4.78, 5) is 19.9. The number of hydrogen-bond donors (Lipinski definition) is 0. The lowest BCUT2D eigenvalue weighted by Crippen LogP contribution is -2.48. The molecule has 1 saturated heterocycles. The number of aromatic nitrogens is 1. The van der Waals surface area contributed by atoms with E-state index in [0.717, 1.165) is 53.7 Å². The number of halogens is 1. The maximum Gasteiger partial charge on any atom is 0.256 e. The fourth-order valence-corrected chi connectivity index (χ4v) is 4.25. The van der Waals surface area contributed by atoms with E-state index in [1.54, 1.807) is 0 Å². The maximum absolute atomic E-state index is 13.5. The van der Waals surface area contributed by atoms with Gasteiger partial charge in [0.15, 0.2) is 0 Å². The van der Waals surface area contributed by atoms with E-state index in [4.69, 9.17) is 11.6 Å². The molecule has 0 aliphatic carbocycles. The highest BCUT2D eigenvalue weighted by molar-refractivity contribution is 6.30. The number of nitrogens with zero attached hydrogens (tertiary/aromatic N) is 4. The van der Waals surface area contributed by atoms with Crippen molar-refractivity contribution in [2.24, 2.45) is 0 Å². The molecule has 2 aromatic carbocycles. The third-order valence-electron chi connectivity index (χ3n) is 5.77. The molecule has 1 aliphatic heterocycles. The molecular weight excluding hydrogens is 408 g/mol. The third-order valence-corrected chi connectivity index (χ3v) is 6.00. The summed E-state index contributed by atoms with van der Waals surface area (Å²) in [7, 11) is 4.13. The third kappa shape index (κ3) is 4.94. The summed E-state index contributed by atoms with van der Waals surface area (Å²) >= 11 is 6.15. The summed E-state index contributed by atoms with van der Waals surface area (Å²) in [6.45, 7) is 4.75. The van der Waals surface area contributed by atoms with Crippen LogP contribution in [0.3, 0.4) is 0 Å². The second-order valence-corrected chi connectivity index (χ2v) is 8.64. The molecule has 6 heteroatoms. The Bertz CT molecular complexity index is 1020. The molecule has 0 saturated carbocycles. The van der Waals surface area contributed by atoms with Gasteiger partial charge in [-0.2, -0.15) is 0 Å². The van der Waals surface area contributed by atoms with Gasteiger partial charge >= 0.3 is 0 Å². The van der Waals surface area contributed by atoms with E-state index in [2.05, 4.69) is 46.7 Å². The van der Waals surface area contributed by atoms with Crippen LogP contribution >= 0.6 is 11.6 Å². The standard InChI is InChI=1S/C25H29ClN4O/c1-27(2)13-14-29-12-11-23(24(29)20-7-4-3-5-8-20)25(31)30-17-15-28(16-18-30)22-10-6-9-21(26)19-22/h3-12,19H,13-18H2,1-2H3. The molecule has 2 heterocycles. The van der Waals surface area contributed by atoms with Gasteiger partial charge in [0, 0.05) is 56.2 Å². The van der Waals surface area contributed by atoms with E-state index in [0.29, 0.717) is 13.1 Å². The van der Waals surface area contributed by atoms with Crippen LogP contribution in [0.25, 0.3) is 11.3 Å². The van der Waals surface area contributed by atoms with Crippen molar-refractivity contribution in [3.63, 3.8) is 0 Å².